The molecule has 370 valence electrons. The van der Waals surface area contributed by atoms with Crippen LogP contribution >= 0.6 is 0 Å². The van der Waals surface area contributed by atoms with Crippen molar-refractivity contribution < 1.29 is 28.6 Å². The van der Waals surface area contributed by atoms with Gasteiger partial charge in [-0.3, -0.25) is 14.4 Å². The van der Waals surface area contributed by atoms with Crippen LogP contribution in [-0.2, 0) is 28.6 Å². The van der Waals surface area contributed by atoms with Crippen LogP contribution in [0, 0.1) is 0 Å². The predicted molar refractivity (Wildman–Crippen MR) is 275 cm³/mol. The van der Waals surface area contributed by atoms with E-state index in [1.807, 2.05) is 0 Å². The molecular formula is C58H102O6. The van der Waals surface area contributed by atoms with E-state index >= 15 is 0 Å². The molecule has 6 nitrogen and oxygen atoms in total. The van der Waals surface area contributed by atoms with Crippen LogP contribution in [0.15, 0.2) is 60.8 Å². The van der Waals surface area contributed by atoms with Crippen molar-refractivity contribution in [3.05, 3.63) is 60.8 Å². The second-order valence-corrected chi connectivity index (χ2v) is 18.1. The molecule has 0 bridgehead atoms. The second kappa shape index (κ2) is 52.7. The van der Waals surface area contributed by atoms with Crippen molar-refractivity contribution in [3.63, 3.8) is 0 Å². The van der Waals surface area contributed by atoms with Crippen molar-refractivity contribution in [1.29, 1.82) is 0 Å². The molecule has 0 aromatic carbocycles. The molecule has 0 aromatic rings. The van der Waals surface area contributed by atoms with Gasteiger partial charge in [-0.15, -0.1) is 0 Å². The van der Waals surface area contributed by atoms with E-state index in [4.69, 9.17) is 14.2 Å². The maximum atomic E-state index is 12.8. The van der Waals surface area contributed by atoms with Gasteiger partial charge in [-0.25, -0.2) is 0 Å². The fraction of sp³-hybridized carbons (Fsp3) is 0.776. The van der Waals surface area contributed by atoms with Gasteiger partial charge in [0.05, 0.1) is 0 Å². The molecule has 6 heteroatoms. The van der Waals surface area contributed by atoms with Gasteiger partial charge >= 0.3 is 17.9 Å². The van der Waals surface area contributed by atoms with E-state index in [1.54, 1.807) is 0 Å². The van der Waals surface area contributed by atoms with Crippen LogP contribution in [0.5, 0.6) is 0 Å². The standard InChI is InChI=1S/C58H102O6/c1-4-7-10-13-16-19-22-25-26-27-28-29-30-31-32-34-36-39-42-45-48-51-57(60)63-54-55(53-62-56(59)50-47-44-41-38-35-24-21-18-15-12-9-6-3)64-58(61)52-49-46-43-40-37-33-23-20-17-14-11-8-5-2/h8,11,17,20,22,25,27-28,33,37,55H,4-7,9-10,12-16,18-19,21,23-24,26,29-32,34-36,38-54H2,1-3H3/b11-8-,20-17-,25-22-,28-27-,37-33-. The largest absolute Gasteiger partial charge is 0.462 e. The molecule has 0 N–H and O–H groups in total. The van der Waals surface area contributed by atoms with Crippen molar-refractivity contribution in [2.24, 2.45) is 0 Å². The predicted octanol–water partition coefficient (Wildman–Crippen LogP) is 18.0. The molecule has 1 unspecified atom stereocenters. The summed E-state index contributed by atoms with van der Waals surface area (Å²) in [5.74, 6) is -0.913. The SMILES string of the molecule is CC/C=C\C/C=C\C/C=C\CCCCCC(=O)OC(COC(=O)CCCCCCCCCCC/C=C\C/C=C\CCCCCCC)COC(=O)CCCCCCCCCCCCCC. The van der Waals surface area contributed by atoms with E-state index in [-0.39, 0.29) is 31.1 Å². The summed E-state index contributed by atoms with van der Waals surface area (Å²) in [5.41, 5.74) is 0. The molecule has 0 radical (unpaired) electrons. The van der Waals surface area contributed by atoms with Crippen molar-refractivity contribution >= 4 is 17.9 Å². The van der Waals surface area contributed by atoms with Gasteiger partial charge < -0.3 is 14.2 Å². The van der Waals surface area contributed by atoms with Crippen LogP contribution in [0.3, 0.4) is 0 Å². The van der Waals surface area contributed by atoms with Crippen molar-refractivity contribution in [3.8, 4) is 0 Å². The first-order valence-electron chi connectivity index (χ1n) is 27.3. The van der Waals surface area contributed by atoms with Crippen LogP contribution in [0.2, 0.25) is 0 Å². The Balaban J connectivity index is 4.33. The van der Waals surface area contributed by atoms with E-state index in [0.29, 0.717) is 19.3 Å². The first-order valence-corrected chi connectivity index (χ1v) is 27.3. The molecule has 0 amide bonds. The number of allylic oxidation sites excluding steroid dienone is 10. The summed E-state index contributed by atoms with van der Waals surface area (Å²) in [6.45, 7) is 6.50. The van der Waals surface area contributed by atoms with E-state index < -0.39 is 6.10 Å². The summed E-state index contributed by atoms with van der Waals surface area (Å²) in [5, 5.41) is 0. The van der Waals surface area contributed by atoms with Crippen molar-refractivity contribution in [2.45, 2.75) is 277 Å². The summed E-state index contributed by atoms with van der Waals surface area (Å²) in [4.78, 5) is 38.0. The minimum absolute atomic E-state index is 0.0854. The Morgan fingerprint density at radius 2 is 0.609 bits per heavy atom. The molecule has 0 heterocycles. The number of unbranched alkanes of at least 4 members (excludes halogenated alkanes) is 28. The summed E-state index contributed by atoms with van der Waals surface area (Å²) in [7, 11) is 0. The number of ether oxygens (including phenoxy) is 3. The average Bonchev–Trinajstić information content (AvgIpc) is 3.29. The Hall–Kier alpha value is -2.89. The highest BCUT2D eigenvalue weighted by Gasteiger charge is 2.19. The third kappa shape index (κ3) is 50.1. The Morgan fingerprint density at radius 3 is 0.969 bits per heavy atom. The molecule has 0 fully saturated rings. The molecular weight excluding hydrogens is 793 g/mol. The molecule has 0 aliphatic rings. The lowest BCUT2D eigenvalue weighted by molar-refractivity contribution is -0.167. The molecule has 64 heavy (non-hydrogen) atoms. The first kappa shape index (κ1) is 61.1. The molecule has 0 aromatic heterocycles. The summed E-state index contributed by atoms with van der Waals surface area (Å²) in [6, 6.07) is 0. The fourth-order valence-electron chi connectivity index (χ4n) is 7.66. The molecule has 1 atom stereocenters. The third-order valence-corrected chi connectivity index (χ3v) is 11.8. The molecule has 0 aliphatic carbocycles. The van der Waals surface area contributed by atoms with E-state index in [2.05, 4.69) is 81.5 Å². The van der Waals surface area contributed by atoms with Gasteiger partial charge in [0.1, 0.15) is 13.2 Å². The number of hydrogen-bond acceptors (Lipinski definition) is 6. The quantitative estimate of drug-likeness (QED) is 0.0262. The topological polar surface area (TPSA) is 78.9 Å². The number of carbonyl (C=O) groups is 3. The lowest BCUT2D eigenvalue weighted by Crippen LogP contribution is -2.30. The van der Waals surface area contributed by atoms with E-state index in [1.165, 1.54) is 141 Å². The normalized spacial score (nSPS) is 12.5. The molecule has 0 spiro atoms. The first-order chi connectivity index (χ1) is 31.5. The summed E-state index contributed by atoms with van der Waals surface area (Å²) in [6.07, 6.45) is 65.0. The minimum Gasteiger partial charge on any atom is -0.462 e. The summed E-state index contributed by atoms with van der Waals surface area (Å²) >= 11 is 0. The highest BCUT2D eigenvalue weighted by Crippen LogP contribution is 2.15. The summed E-state index contributed by atoms with van der Waals surface area (Å²) < 4.78 is 16.8. The molecule has 0 rings (SSSR count). The number of rotatable bonds is 49. The van der Waals surface area contributed by atoms with Gasteiger partial charge in [-0.1, -0.05) is 229 Å². The van der Waals surface area contributed by atoms with Gasteiger partial charge in [0.25, 0.3) is 0 Å². The zero-order valence-corrected chi connectivity index (χ0v) is 42.3. The Kier molecular flexibility index (Phi) is 50.4. The fourth-order valence-corrected chi connectivity index (χ4v) is 7.66. The van der Waals surface area contributed by atoms with Crippen LogP contribution in [0.1, 0.15) is 271 Å². The van der Waals surface area contributed by atoms with Gasteiger partial charge in [-0.2, -0.15) is 0 Å². The molecule has 0 saturated heterocycles. The van der Waals surface area contributed by atoms with Crippen LogP contribution in [0.4, 0.5) is 0 Å². The number of carbonyl (C=O) groups excluding carboxylic acids is 3. The zero-order valence-electron chi connectivity index (χ0n) is 42.3. The minimum atomic E-state index is -0.788. The second-order valence-electron chi connectivity index (χ2n) is 18.1. The van der Waals surface area contributed by atoms with Crippen molar-refractivity contribution in [1.82, 2.24) is 0 Å². The monoisotopic (exact) mass is 895 g/mol. The maximum Gasteiger partial charge on any atom is 0.306 e. The highest BCUT2D eigenvalue weighted by atomic mass is 16.6. The zero-order chi connectivity index (χ0) is 46.5. The average molecular weight is 895 g/mol. The van der Waals surface area contributed by atoms with Gasteiger partial charge in [0, 0.05) is 19.3 Å². The van der Waals surface area contributed by atoms with Crippen LogP contribution in [-0.4, -0.2) is 37.2 Å². The lowest BCUT2D eigenvalue weighted by atomic mass is 10.0. The molecule has 0 saturated carbocycles. The number of hydrogen-bond donors (Lipinski definition) is 0. The Labute approximate surface area is 396 Å². The van der Waals surface area contributed by atoms with Crippen LogP contribution < -0.4 is 0 Å². The lowest BCUT2D eigenvalue weighted by Gasteiger charge is -2.18. The van der Waals surface area contributed by atoms with Gasteiger partial charge in [-0.05, 0) is 83.5 Å². The highest BCUT2D eigenvalue weighted by molar-refractivity contribution is 5.71. The smallest absolute Gasteiger partial charge is 0.306 e. The van der Waals surface area contributed by atoms with E-state index in [9.17, 15) is 14.4 Å². The van der Waals surface area contributed by atoms with Crippen molar-refractivity contribution in [2.75, 3.05) is 13.2 Å². The van der Waals surface area contributed by atoms with E-state index in [0.717, 1.165) is 89.9 Å². The number of esters is 3. The van der Waals surface area contributed by atoms with Crippen LogP contribution in [0.25, 0.3) is 0 Å². The van der Waals surface area contributed by atoms with Gasteiger partial charge in [0.2, 0.25) is 0 Å². The Bertz CT molecular complexity index is 1170. The maximum absolute atomic E-state index is 12.8. The molecule has 0 aliphatic heterocycles. The van der Waals surface area contributed by atoms with Gasteiger partial charge in [0.15, 0.2) is 6.10 Å². The Morgan fingerprint density at radius 1 is 0.328 bits per heavy atom. The third-order valence-electron chi connectivity index (χ3n) is 11.8.